The van der Waals surface area contributed by atoms with Gasteiger partial charge in [0.15, 0.2) is 0 Å². The van der Waals surface area contributed by atoms with Gasteiger partial charge < -0.3 is 4.74 Å². The van der Waals surface area contributed by atoms with Gasteiger partial charge in [-0.2, -0.15) is 18.4 Å². The van der Waals surface area contributed by atoms with Crippen LogP contribution in [-0.2, 0) is 11.3 Å². The van der Waals surface area contributed by atoms with Crippen LogP contribution in [0.25, 0.3) is 0 Å². The van der Waals surface area contributed by atoms with Crippen molar-refractivity contribution in [3.63, 3.8) is 0 Å². The summed E-state index contributed by atoms with van der Waals surface area (Å²) in [6, 6.07) is 4.98. The molecule has 0 unspecified atom stereocenters. The van der Waals surface area contributed by atoms with Crippen molar-refractivity contribution in [2.45, 2.75) is 12.8 Å². The van der Waals surface area contributed by atoms with E-state index < -0.39 is 25.2 Å². The molecule has 0 saturated carbocycles. The van der Waals surface area contributed by atoms with E-state index in [1.54, 1.807) is 6.07 Å². The molecule has 0 aromatic heterocycles. The molecule has 0 aliphatic carbocycles. The second kappa shape index (κ2) is 4.94. The Balaban J connectivity index is 2.67. The van der Waals surface area contributed by atoms with Crippen molar-refractivity contribution < 1.29 is 22.3 Å². The molecule has 0 fully saturated rings. The molecule has 0 saturated heterocycles. The Morgan fingerprint density at radius 1 is 1.31 bits per heavy atom. The second-order valence-electron chi connectivity index (χ2n) is 3.02. The van der Waals surface area contributed by atoms with Gasteiger partial charge in [-0.05, 0) is 23.8 Å². The summed E-state index contributed by atoms with van der Waals surface area (Å²) in [6.45, 7) is -1.87. The van der Waals surface area contributed by atoms with Gasteiger partial charge in [0.2, 0.25) is 0 Å². The normalized spacial score (nSPS) is 11.2. The number of hydrogen-bond acceptors (Lipinski definition) is 2. The van der Waals surface area contributed by atoms with Crippen LogP contribution in [0.15, 0.2) is 18.2 Å². The lowest BCUT2D eigenvalue weighted by Crippen LogP contribution is -2.17. The van der Waals surface area contributed by atoms with E-state index >= 15 is 0 Å². The van der Waals surface area contributed by atoms with Crippen molar-refractivity contribution in [3.05, 3.63) is 35.1 Å². The SMILES string of the molecule is N#Cc1ccc(F)cc1COCC(F)(F)F. The summed E-state index contributed by atoms with van der Waals surface area (Å²) in [5.74, 6) is -0.621. The zero-order valence-corrected chi connectivity index (χ0v) is 8.01. The maximum atomic E-state index is 12.8. The fourth-order valence-electron chi connectivity index (χ4n) is 1.07. The predicted molar refractivity (Wildman–Crippen MR) is 46.8 cm³/mol. The highest BCUT2D eigenvalue weighted by molar-refractivity contribution is 5.37. The molecule has 0 aliphatic rings. The van der Waals surface area contributed by atoms with Crippen LogP contribution in [0.3, 0.4) is 0 Å². The fourth-order valence-corrected chi connectivity index (χ4v) is 1.07. The van der Waals surface area contributed by atoms with Crippen molar-refractivity contribution in [1.29, 1.82) is 5.26 Å². The van der Waals surface area contributed by atoms with Crippen molar-refractivity contribution in [2.24, 2.45) is 0 Å². The first-order valence-corrected chi connectivity index (χ1v) is 4.25. The molecular formula is C10H7F4NO. The monoisotopic (exact) mass is 233 g/mol. The first-order valence-electron chi connectivity index (χ1n) is 4.25. The Bertz CT molecular complexity index is 408. The number of nitriles is 1. The minimum Gasteiger partial charge on any atom is -0.367 e. The van der Waals surface area contributed by atoms with E-state index in [1.807, 2.05) is 0 Å². The Kier molecular flexibility index (Phi) is 3.85. The molecule has 86 valence electrons. The average molecular weight is 233 g/mol. The Morgan fingerprint density at radius 3 is 2.56 bits per heavy atom. The standard InChI is InChI=1S/C10H7F4NO/c11-9-2-1-7(4-15)8(3-9)5-16-6-10(12,13)14/h1-3H,5-6H2. The highest BCUT2D eigenvalue weighted by atomic mass is 19.4. The van der Waals surface area contributed by atoms with E-state index in [0.29, 0.717) is 0 Å². The van der Waals surface area contributed by atoms with Gasteiger partial charge in [0, 0.05) is 0 Å². The van der Waals surface area contributed by atoms with Crippen LogP contribution in [0.1, 0.15) is 11.1 Å². The van der Waals surface area contributed by atoms with Gasteiger partial charge in [-0.3, -0.25) is 0 Å². The van der Waals surface area contributed by atoms with Crippen molar-refractivity contribution in [2.75, 3.05) is 6.61 Å². The smallest absolute Gasteiger partial charge is 0.367 e. The van der Waals surface area contributed by atoms with Crippen LogP contribution < -0.4 is 0 Å². The largest absolute Gasteiger partial charge is 0.411 e. The molecule has 0 aliphatic heterocycles. The number of nitrogens with zero attached hydrogens (tertiary/aromatic N) is 1. The number of rotatable bonds is 3. The number of benzene rings is 1. The number of hydrogen-bond donors (Lipinski definition) is 0. The van der Waals surface area contributed by atoms with Gasteiger partial charge in [-0.15, -0.1) is 0 Å². The van der Waals surface area contributed by atoms with E-state index in [9.17, 15) is 17.6 Å². The maximum Gasteiger partial charge on any atom is 0.411 e. The lowest BCUT2D eigenvalue weighted by atomic mass is 10.1. The number of ether oxygens (including phenoxy) is 1. The van der Waals surface area contributed by atoms with Crippen LogP contribution in [0.4, 0.5) is 17.6 Å². The topological polar surface area (TPSA) is 33.0 Å². The Labute approximate surface area is 89.1 Å². The molecule has 0 N–H and O–H groups in total. The van der Waals surface area contributed by atoms with E-state index in [-0.39, 0.29) is 11.1 Å². The molecule has 0 heterocycles. The van der Waals surface area contributed by atoms with Crippen molar-refractivity contribution in [3.8, 4) is 6.07 Å². The zero-order chi connectivity index (χ0) is 12.2. The average Bonchev–Trinajstić information content (AvgIpc) is 2.16. The first-order chi connectivity index (χ1) is 7.42. The number of halogens is 4. The molecule has 16 heavy (non-hydrogen) atoms. The van der Waals surface area contributed by atoms with Gasteiger partial charge in [0.1, 0.15) is 12.4 Å². The molecule has 0 radical (unpaired) electrons. The quantitative estimate of drug-likeness (QED) is 0.752. The fraction of sp³-hybridized carbons (Fsp3) is 0.300. The van der Waals surface area contributed by atoms with Crippen LogP contribution in [-0.4, -0.2) is 12.8 Å². The van der Waals surface area contributed by atoms with E-state index in [0.717, 1.165) is 12.1 Å². The third-order valence-corrected chi connectivity index (χ3v) is 1.71. The molecule has 1 aromatic carbocycles. The Morgan fingerprint density at radius 2 is 2.00 bits per heavy atom. The molecule has 0 spiro atoms. The zero-order valence-electron chi connectivity index (χ0n) is 8.01. The summed E-state index contributed by atoms with van der Waals surface area (Å²) in [4.78, 5) is 0. The minimum absolute atomic E-state index is 0.101. The van der Waals surface area contributed by atoms with Gasteiger partial charge >= 0.3 is 6.18 Å². The van der Waals surface area contributed by atoms with Gasteiger partial charge in [0.25, 0.3) is 0 Å². The minimum atomic E-state index is -4.43. The molecule has 0 bridgehead atoms. The van der Waals surface area contributed by atoms with Crippen molar-refractivity contribution >= 4 is 0 Å². The highest BCUT2D eigenvalue weighted by Crippen LogP contribution is 2.17. The van der Waals surface area contributed by atoms with Crippen molar-refractivity contribution in [1.82, 2.24) is 0 Å². The van der Waals surface area contributed by atoms with Crippen LogP contribution in [0, 0.1) is 17.1 Å². The van der Waals surface area contributed by atoms with Gasteiger partial charge in [0.05, 0.1) is 18.2 Å². The lowest BCUT2D eigenvalue weighted by Gasteiger charge is -2.08. The third-order valence-electron chi connectivity index (χ3n) is 1.71. The molecule has 0 amide bonds. The summed E-state index contributed by atoms with van der Waals surface area (Å²) in [6.07, 6.45) is -4.43. The number of alkyl halides is 3. The van der Waals surface area contributed by atoms with Gasteiger partial charge in [-0.25, -0.2) is 4.39 Å². The molecule has 1 aromatic rings. The molecule has 2 nitrogen and oxygen atoms in total. The van der Waals surface area contributed by atoms with Gasteiger partial charge in [-0.1, -0.05) is 0 Å². The maximum absolute atomic E-state index is 12.8. The van der Waals surface area contributed by atoms with Crippen LogP contribution >= 0.6 is 0 Å². The predicted octanol–water partition coefficient (Wildman–Crippen LogP) is 2.78. The highest BCUT2D eigenvalue weighted by Gasteiger charge is 2.27. The van der Waals surface area contributed by atoms with Crippen LogP contribution in [0.5, 0.6) is 0 Å². The third kappa shape index (κ3) is 3.87. The molecule has 6 heteroatoms. The summed E-state index contributed by atoms with van der Waals surface area (Å²) in [5, 5.41) is 8.62. The van der Waals surface area contributed by atoms with Crippen LogP contribution in [0.2, 0.25) is 0 Å². The molecule has 1 rings (SSSR count). The summed E-state index contributed by atoms with van der Waals surface area (Å²) in [5.41, 5.74) is 0.204. The van der Waals surface area contributed by atoms with E-state index in [4.69, 9.17) is 5.26 Å². The van der Waals surface area contributed by atoms with E-state index in [2.05, 4.69) is 4.74 Å². The Hall–Kier alpha value is -1.61. The first kappa shape index (κ1) is 12.5. The summed E-state index contributed by atoms with van der Waals surface area (Å²) >= 11 is 0. The van der Waals surface area contributed by atoms with E-state index in [1.165, 1.54) is 6.07 Å². The lowest BCUT2D eigenvalue weighted by molar-refractivity contribution is -0.176. The molecular weight excluding hydrogens is 226 g/mol. The summed E-state index contributed by atoms with van der Waals surface area (Å²) in [7, 11) is 0. The summed E-state index contributed by atoms with van der Waals surface area (Å²) < 4.78 is 52.4. The molecule has 0 atom stereocenters. The second-order valence-corrected chi connectivity index (χ2v) is 3.02.